The number of likely N-dealkylation sites (tertiary alicyclic amines) is 1. The van der Waals surface area contributed by atoms with Crippen LogP contribution in [-0.4, -0.2) is 40.8 Å². The van der Waals surface area contributed by atoms with E-state index in [0.29, 0.717) is 19.0 Å². The molecule has 2 heterocycles. The van der Waals surface area contributed by atoms with Crippen molar-refractivity contribution in [1.29, 1.82) is 0 Å². The van der Waals surface area contributed by atoms with Gasteiger partial charge in [0.25, 0.3) is 0 Å². The topological polar surface area (TPSA) is 65.2 Å². The number of aryl methyl sites for hydroxylation is 1. The summed E-state index contributed by atoms with van der Waals surface area (Å²) in [7, 11) is 0. The van der Waals surface area contributed by atoms with Crippen LogP contribution >= 0.6 is 0 Å². The molecule has 2 N–H and O–H groups in total. The number of carbonyl (C=O) groups excluding carboxylic acids is 2. The van der Waals surface area contributed by atoms with Gasteiger partial charge in [-0.05, 0) is 43.7 Å². The Morgan fingerprint density at radius 2 is 1.89 bits per heavy atom. The maximum atomic E-state index is 12.8. The lowest BCUT2D eigenvalue weighted by atomic mass is 9.93. The van der Waals surface area contributed by atoms with Gasteiger partial charge in [-0.25, -0.2) is 0 Å². The highest BCUT2D eigenvalue weighted by atomic mass is 16.2. The molecule has 0 unspecified atom stereocenters. The van der Waals surface area contributed by atoms with Gasteiger partial charge in [-0.3, -0.25) is 9.59 Å². The van der Waals surface area contributed by atoms with Crippen LogP contribution in [0.5, 0.6) is 0 Å². The summed E-state index contributed by atoms with van der Waals surface area (Å²) < 4.78 is 0. The minimum absolute atomic E-state index is 0.0484. The fourth-order valence-corrected chi connectivity index (χ4v) is 4.72. The van der Waals surface area contributed by atoms with Crippen molar-refractivity contribution in [1.82, 2.24) is 15.2 Å². The van der Waals surface area contributed by atoms with E-state index in [1.54, 1.807) is 0 Å². The van der Waals surface area contributed by atoms with E-state index in [1.807, 2.05) is 23.2 Å². The van der Waals surface area contributed by atoms with Crippen LogP contribution in [0.1, 0.15) is 56.9 Å². The van der Waals surface area contributed by atoms with Gasteiger partial charge in [0.05, 0.1) is 5.92 Å². The van der Waals surface area contributed by atoms with Crippen LogP contribution in [0.25, 0.3) is 10.9 Å². The molecule has 1 atom stereocenters. The molecule has 1 saturated carbocycles. The third kappa shape index (κ3) is 4.40. The van der Waals surface area contributed by atoms with Crippen molar-refractivity contribution in [3.05, 3.63) is 36.0 Å². The first-order valence-electron chi connectivity index (χ1n) is 10.8. The number of hydrogen-bond donors (Lipinski definition) is 2. The zero-order chi connectivity index (χ0) is 19.3. The van der Waals surface area contributed by atoms with Gasteiger partial charge in [-0.2, -0.15) is 0 Å². The maximum absolute atomic E-state index is 12.8. The smallest absolute Gasteiger partial charge is 0.225 e. The van der Waals surface area contributed by atoms with Crippen LogP contribution < -0.4 is 5.32 Å². The van der Waals surface area contributed by atoms with Crippen molar-refractivity contribution in [3.8, 4) is 0 Å². The molecule has 4 rings (SSSR count). The number of nitrogens with one attached hydrogen (secondary N) is 2. The molecule has 2 aliphatic rings. The van der Waals surface area contributed by atoms with Crippen LogP contribution in [0.4, 0.5) is 0 Å². The molecule has 1 aromatic heterocycles. The van der Waals surface area contributed by atoms with Crippen LogP contribution in [-0.2, 0) is 16.0 Å². The number of rotatable bonds is 5. The van der Waals surface area contributed by atoms with Gasteiger partial charge in [0.1, 0.15) is 0 Å². The highest BCUT2D eigenvalue weighted by Gasteiger charge is 2.29. The lowest BCUT2D eigenvalue weighted by molar-refractivity contribution is -0.136. The third-order valence-corrected chi connectivity index (χ3v) is 6.38. The maximum Gasteiger partial charge on any atom is 0.225 e. The van der Waals surface area contributed by atoms with Crippen LogP contribution in [0.2, 0.25) is 0 Å². The van der Waals surface area contributed by atoms with Crippen LogP contribution in [0.3, 0.4) is 0 Å². The normalized spacial score (nSPS) is 21.0. The second-order valence-electron chi connectivity index (χ2n) is 8.38. The zero-order valence-corrected chi connectivity index (χ0v) is 16.6. The number of para-hydroxylation sites is 1. The molecule has 0 bridgehead atoms. The largest absolute Gasteiger partial charge is 0.361 e. The number of nitrogens with zero attached hydrogens (tertiary/aromatic N) is 1. The fraction of sp³-hybridized carbons (Fsp3) is 0.565. The molecule has 0 spiro atoms. The van der Waals surface area contributed by atoms with Crippen molar-refractivity contribution in [2.24, 2.45) is 5.92 Å². The van der Waals surface area contributed by atoms with Crippen molar-refractivity contribution in [2.75, 3.05) is 13.1 Å². The Bertz CT molecular complexity index is 822. The molecule has 1 aliphatic carbocycles. The molecular weight excluding hydrogens is 350 g/mol. The summed E-state index contributed by atoms with van der Waals surface area (Å²) >= 11 is 0. The van der Waals surface area contributed by atoms with Crippen LogP contribution in [0.15, 0.2) is 30.5 Å². The van der Waals surface area contributed by atoms with Crippen molar-refractivity contribution < 1.29 is 9.59 Å². The van der Waals surface area contributed by atoms with Gasteiger partial charge in [0.15, 0.2) is 0 Å². The Morgan fingerprint density at radius 1 is 1.07 bits per heavy atom. The molecule has 5 heteroatoms. The highest BCUT2D eigenvalue weighted by molar-refractivity contribution is 5.84. The van der Waals surface area contributed by atoms with Gasteiger partial charge in [0.2, 0.25) is 11.8 Å². The Morgan fingerprint density at radius 3 is 2.75 bits per heavy atom. The Balaban J connectivity index is 1.29. The number of amides is 2. The number of H-pyrrole nitrogens is 1. The minimum atomic E-state index is -0.0484. The minimum Gasteiger partial charge on any atom is -0.361 e. The predicted molar refractivity (Wildman–Crippen MR) is 111 cm³/mol. The van der Waals surface area contributed by atoms with Gasteiger partial charge in [0, 0.05) is 42.7 Å². The number of fused-ring (bicyclic) bond motifs is 1. The molecule has 0 radical (unpaired) electrons. The molecule has 28 heavy (non-hydrogen) atoms. The average Bonchev–Trinajstić information content (AvgIpc) is 3.16. The standard InChI is InChI=1S/C23H31N3O2/c27-22(13-12-17-15-24-21-11-5-4-10-20(17)21)26-14-6-7-18(16-26)23(28)25-19-8-2-1-3-9-19/h4-5,10-11,15,18-19,24H,1-3,6-9,12-14,16H2,(H,25,28)/t18-/m0/s1. The third-order valence-electron chi connectivity index (χ3n) is 6.38. The molecule has 150 valence electrons. The fourth-order valence-electron chi connectivity index (χ4n) is 4.72. The van der Waals surface area contributed by atoms with Gasteiger partial charge < -0.3 is 15.2 Å². The van der Waals surface area contributed by atoms with Gasteiger partial charge in [-0.1, -0.05) is 37.5 Å². The number of hydrogen-bond acceptors (Lipinski definition) is 2. The zero-order valence-electron chi connectivity index (χ0n) is 16.6. The summed E-state index contributed by atoms with van der Waals surface area (Å²) in [5.41, 5.74) is 2.30. The Labute approximate surface area is 166 Å². The molecule has 1 aromatic carbocycles. The molecule has 1 aliphatic heterocycles. The predicted octanol–water partition coefficient (Wildman–Crippen LogP) is 3.79. The molecule has 2 fully saturated rings. The Hall–Kier alpha value is -2.30. The van der Waals surface area contributed by atoms with Crippen molar-refractivity contribution in [2.45, 2.75) is 63.8 Å². The number of aromatic nitrogens is 1. The highest BCUT2D eigenvalue weighted by Crippen LogP contribution is 2.23. The quantitative estimate of drug-likeness (QED) is 0.828. The average molecular weight is 382 g/mol. The van der Waals surface area contributed by atoms with E-state index in [9.17, 15) is 9.59 Å². The summed E-state index contributed by atoms with van der Waals surface area (Å²) in [6.45, 7) is 1.35. The van der Waals surface area contributed by atoms with E-state index in [-0.39, 0.29) is 17.7 Å². The molecule has 1 saturated heterocycles. The lowest BCUT2D eigenvalue weighted by Gasteiger charge is -2.33. The first kappa shape index (κ1) is 19.0. The van der Waals surface area contributed by atoms with E-state index < -0.39 is 0 Å². The summed E-state index contributed by atoms with van der Waals surface area (Å²) in [6, 6.07) is 8.54. The van der Waals surface area contributed by atoms with Crippen molar-refractivity contribution >= 4 is 22.7 Å². The van der Waals surface area contributed by atoms with Crippen molar-refractivity contribution in [3.63, 3.8) is 0 Å². The van der Waals surface area contributed by atoms with E-state index >= 15 is 0 Å². The van der Waals surface area contributed by atoms with E-state index in [1.165, 1.54) is 30.2 Å². The summed E-state index contributed by atoms with van der Waals surface area (Å²) in [4.78, 5) is 30.6. The van der Waals surface area contributed by atoms with E-state index in [2.05, 4.69) is 22.4 Å². The molecule has 2 aromatic rings. The monoisotopic (exact) mass is 381 g/mol. The number of aromatic amines is 1. The second-order valence-corrected chi connectivity index (χ2v) is 8.38. The summed E-state index contributed by atoms with van der Waals surface area (Å²) in [6.07, 6.45) is 11.0. The lowest BCUT2D eigenvalue weighted by Crippen LogP contribution is -2.48. The SMILES string of the molecule is O=C(NC1CCCCC1)[C@H]1CCCN(C(=O)CCc2c[nH]c3ccccc23)C1. The second kappa shape index (κ2) is 8.80. The summed E-state index contributed by atoms with van der Waals surface area (Å²) in [5, 5.41) is 4.43. The molecule has 2 amide bonds. The van der Waals surface area contributed by atoms with E-state index in [4.69, 9.17) is 0 Å². The first-order chi connectivity index (χ1) is 13.7. The Kier molecular flexibility index (Phi) is 5.98. The number of piperidine rings is 1. The van der Waals surface area contributed by atoms with E-state index in [0.717, 1.165) is 44.2 Å². The summed E-state index contributed by atoms with van der Waals surface area (Å²) in [5.74, 6) is 0.272. The van der Waals surface area contributed by atoms with Crippen LogP contribution in [0, 0.1) is 5.92 Å². The number of benzene rings is 1. The van der Waals surface area contributed by atoms with Gasteiger partial charge in [-0.15, -0.1) is 0 Å². The number of carbonyl (C=O) groups is 2. The first-order valence-corrected chi connectivity index (χ1v) is 10.8. The molecular formula is C23H31N3O2. The molecule has 5 nitrogen and oxygen atoms in total. The van der Waals surface area contributed by atoms with Gasteiger partial charge >= 0.3 is 0 Å².